The monoisotopic (exact) mass is 437 g/mol. The van der Waals surface area contributed by atoms with Gasteiger partial charge in [0.2, 0.25) is 0 Å². The summed E-state index contributed by atoms with van der Waals surface area (Å²) < 4.78 is 28.7. The molecule has 0 aliphatic heterocycles. The predicted molar refractivity (Wildman–Crippen MR) is 130 cm³/mol. The molecule has 4 heteroatoms. The maximum absolute atomic E-state index is 13.6. The minimum Gasteiger partial charge on any atom is -0.241 e. The van der Waals surface area contributed by atoms with Crippen LogP contribution in [0.1, 0.15) is 28.2 Å². The lowest BCUT2D eigenvalue weighted by atomic mass is 9.85. The second-order valence-electron chi connectivity index (χ2n) is 7.97. The molecule has 0 N–H and O–H groups in total. The van der Waals surface area contributed by atoms with Gasteiger partial charge in [-0.2, -0.15) is 0 Å². The van der Waals surface area contributed by atoms with Crippen molar-refractivity contribution >= 4 is 20.9 Å². The third-order valence-electron chi connectivity index (χ3n) is 5.86. The van der Waals surface area contributed by atoms with Crippen LogP contribution >= 0.6 is 0 Å². The molecule has 0 aliphatic carbocycles. The van der Waals surface area contributed by atoms with Crippen molar-refractivity contribution in [3.05, 3.63) is 138 Å². The van der Waals surface area contributed by atoms with E-state index in [1.165, 1.54) is 3.97 Å². The smallest absolute Gasteiger partial charge is 0.241 e. The number of fused-ring (bicyclic) bond motifs is 1. The van der Waals surface area contributed by atoms with Crippen LogP contribution in [0.25, 0.3) is 10.9 Å². The highest BCUT2D eigenvalue weighted by molar-refractivity contribution is 7.90. The molecular weight excluding hydrogens is 414 g/mol. The van der Waals surface area contributed by atoms with Gasteiger partial charge in [-0.1, -0.05) is 96.6 Å². The molecule has 1 heterocycles. The largest absolute Gasteiger partial charge is 0.268 e. The number of rotatable bonds is 5. The lowest BCUT2D eigenvalue weighted by molar-refractivity contribution is 0.589. The fourth-order valence-electron chi connectivity index (χ4n) is 4.27. The Morgan fingerprint density at radius 1 is 0.656 bits per heavy atom. The third-order valence-corrected chi connectivity index (χ3v) is 7.55. The molecule has 5 aromatic rings. The van der Waals surface area contributed by atoms with Crippen molar-refractivity contribution in [3.8, 4) is 0 Å². The van der Waals surface area contributed by atoms with Crippen molar-refractivity contribution in [1.82, 2.24) is 3.97 Å². The minimum atomic E-state index is -3.74. The summed E-state index contributed by atoms with van der Waals surface area (Å²) in [5.41, 5.74) is 4.91. The summed E-state index contributed by atoms with van der Waals surface area (Å²) in [7, 11) is -3.74. The highest BCUT2D eigenvalue weighted by atomic mass is 32.2. The van der Waals surface area contributed by atoms with Gasteiger partial charge in [0.1, 0.15) is 0 Å². The van der Waals surface area contributed by atoms with Crippen LogP contribution in [0.4, 0.5) is 0 Å². The standard InChI is InChI=1S/C28H23NO2S/c1-21-16-18-24(19-17-21)32(30,31)29-20-26(25-14-8-9-15-27(25)29)28(22-10-4-2-5-11-22)23-12-6-3-7-13-23/h2-20,28H,1H3. The maximum Gasteiger partial charge on any atom is 0.268 e. The first-order valence-electron chi connectivity index (χ1n) is 10.6. The van der Waals surface area contributed by atoms with Crippen LogP contribution in [0.2, 0.25) is 0 Å². The Morgan fingerprint density at radius 3 is 1.78 bits per heavy atom. The average Bonchev–Trinajstić information content (AvgIpc) is 3.21. The zero-order chi connectivity index (χ0) is 22.1. The molecule has 5 rings (SSSR count). The lowest BCUT2D eigenvalue weighted by Gasteiger charge is -2.18. The van der Waals surface area contributed by atoms with Crippen LogP contribution < -0.4 is 0 Å². The van der Waals surface area contributed by atoms with Crippen LogP contribution in [-0.4, -0.2) is 12.4 Å². The van der Waals surface area contributed by atoms with E-state index in [1.54, 1.807) is 18.3 Å². The molecule has 0 bridgehead atoms. The highest BCUT2D eigenvalue weighted by Gasteiger charge is 2.26. The summed E-state index contributed by atoms with van der Waals surface area (Å²) in [5.74, 6) is -0.0863. The summed E-state index contributed by atoms with van der Waals surface area (Å²) in [4.78, 5) is 0.284. The Morgan fingerprint density at radius 2 is 1.19 bits per heavy atom. The number of hydrogen-bond acceptors (Lipinski definition) is 2. The van der Waals surface area contributed by atoms with Gasteiger partial charge in [-0.15, -0.1) is 0 Å². The second-order valence-corrected chi connectivity index (χ2v) is 9.78. The Balaban J connectivity index is 1.77. The van der Waals surface area contributed by atoms with E-state index in [0.29, 0.717) is 5.52 Å². The predicted octanol–water partition coefficient (Wildman–Crippen LogP) is 6.37. The fourth-order valence-corrected chi connectivity index (χ4v) is 5.65. The Hall–Kier alpha value is -3.63. The van der Waals surface area contributed by atoms with Crippen molar-refractivity contribution in [1.29, 1.82) is 0 Å². The van der Waals surface area contributed by atoms with Gasteiger partial charge in [0.05, 0.1) is 10.4 Å². The van der Waals surface area contributed by atoms with E-state index in [4.69, 9.17) is 0 Å². The van der Waals surface area contributed by atoms with E-state index >= 15 is 0 Å². The van der Waals surface area contributed by atoms with Gasteiger partial charge in [0, 0.05) is 17.5 Å². The van der Waals surface area contributed by atoms with E-state index in [9.17, 15) is 8.42 Å². The average molecular weight is 438 g/mol. The Bertz CT molecular complexity index is 1430. The van der Waals surface area contributed by atoms with Crippen LogP contribution in [0.5, 0.6) is 0 Å². The molecule has 0 saturated carbocycles. The number of para-hydroxylation sites is 1. The summed E-state index contributed by atoms with van der Waals surface area (Å²) in [6.07, 6.45) is 1.80. The fraction of sp³-hybridized carbons (Fsp3) is 0.0714. The number of aromatic nitrogens is 1. The Labute approximate surface area is 188 Å². The van der Waals surface area contributed by atoms with E-state index in [1.807, 2.05) is 79.7 Å². The molecule has 0 spiro atoms. The summed E-state index contributed by atoms with van der Waals surface area (Å²) in [5, 5.41) is 0.931. The summed E-state index contributed by atoms with van der Waals surface area (Å²) in [6.45, 7) is 1.95. The van der Waals surface area contributed by atoms with Crippen LogP contribution in [-0.2, 0) is 10.0 Å². The molecule has 0 amide bonds. The molecule has 0 aliphatic rings. The van der Waals surface area contributed by atoms with Crippen LogP contribution in [0.15, 0.2) is 120 Å². The number of benzene rings is 4. The number of aryl methyl sites for hydroxylation is 1. The lowest BCUT2D eigenvalue weighted by Crippen LogP contribution is -2.12. The van der Waals surface area contributed by atoms with Gasteiger partial charge in [-0.05, 0) is 41.8 Å². The molecule has 32 heavy (non-hydrogen) atoms. The van der Waals surface area contributed by atoms with E-state index < -0.39 is 10.0 Å². The Kier molecular flexibility index (Phi) is 5.16. The first-order chi connectivity index (χ1) is 15.6. The summed E-state index contributed by atoms with van der Waals surface area (Å²) >= 11 is 0. The van der Waals surface area contributed by atoms with Gasteiger partial charge in [0.15, 0.2) is 0 Å². The van der Waals surface area contributed by atoms with Gasteiger partial charge >= 0.3 is 0 Å². The molecule has 0 saturated heterocycles. The zero-order valence-electron chi connectivity index (χ0n) is 17.7. The minimum absolute atomic E-state index is 0.0863. The maximum atomic E-state index is 13.6. The molecule has 158 valence electrons. The normalized spacial score (nSPS) is 11.8. The molecule has 3 nitrogen and oxygen atoms in total. The second kappa shape index (κ2) is 8.13. The van der Waals surface area contributed by atoms with Crippen molar-refractivity contribution < 1.29 is 8.42 Å². The van der Waals surface area contributed by atoms with Crippen LogP contribution in [0, 0.1) is 6.92 Å². The molecular formula is C28H23NO2S. The first kappa shape index (κ1) is 20.3. The van der Waals surface area contributed by atoms with E-state index in [0.717, 1.165) is 27.6 Å². The van der Waals surface area contributed by atoms with Gasteiger partial charge in [0.25, 0.3) is 10.0 Å². The molecule has 0 unspecified atom stereocenters. The van der Waals surface area contributed by atoms with Gasteiger partial charge in [-0.25, -0.2) is 12.4 Å². The summed E-state index contributed by atoms with van der Waals surface area (Å²) in [6, 6.07) is 35.2. The van der Waals surface area contributed by atoms with Crippen molar-refractivity contribution in [2.75, 3.05) is 0 Å². The number of nitrogens with zero attached hydrogens (tertiary/aromatic N) is 1. The molecule has 4 aromatic carbocycles. The van der Waals surface area contributed by atoms with E-state index in [2.05, 4.69) is 24.3 Å². The SMILES string of the molecule is Cc1ccc(S(=O)(=O)n2cc(C(c3ccccc3)c3ccccc3)c3ccccc32)cc1. The molecule has 0 radical (unpaired) electrons. The zero-order valence-corrected chi connectivity index (χ0v) is 18.5. The quantitative estimate of drug-likeness (QED) is 0.321. The molecule has 0 atom stereocenters. The van der Waals surface area contributed by atoms with Crippen molar-refractivity contribution in [2.45, 2.75) is 17.7 Å². The topological polar surface area (TPSA) is 39.1 Å². The van der Waals surface area contributed by atoms with Crippen molar-refractivity contribution in [3.63, 3.8) is 0 Å². The van der Waals surface area contributed by atoms with E-state index in [-0.39, 0.29) is 10.8 Å². The van der Waals surface area contributed by atoms with Crippen LogP contribution in [0.3, 0.4) is 0 Å². The molecule has 1 aromatic heterocycles. The van der Waals surface area contributed by atoms with Gasteiger partial charge in [-0.3, -0.25) is 0 Å². The first-order valence-corrected chi connectivity index (χ1v) is 12.0. The van der Waals surface area contributed by atoms with Crippen molar-refractivity contribution in [2.24, 2.45) is 0 Å². The number of hydrogen-bond donors (Lipinski definition) is 0. The highest BCUT2D eigenvalue weighted by Crippen LogP contribution is 2.38. The van der Waals surface area contributed by atoms with Gasteiger partial charge < -0.3 is 0 Å². The third kappa shape index (κ3) is 3.53. The molecule has 0 fully saturated rings.